The van der Waals surface area contributed by atoms with E-state index < -0.39 is 0 Å². The van der Waals surface area contributed by atoms with E-state index in [9.17, 15) is 0 Å². The van der Waals surface area contributed by atoms with E-state index in [1.807, 2.05) is 19.1 Å². The molecule has 0 spiro atoms. The molecule has 1 aromatic carbocycles. The van der Waals surface area contributed by atoms with Gasteiger partial charge in [0.15, 0.2) is 0 Å². The normalized spacial score (nSPS) is 29.6. The molecular formula is C17H24ClNO. The molecule has 2 fully saturated rings. The molecule has 2 aliphatic carbocycles. The zero-order chi connectivity index (χ0) is 14.1. The van der Waals surface area contributed by atoms with E-state index in [0.29, 0.717) is 5.02 Å². The Morgan fingerprint density at radius 1 is 1.35 bits per heavy atom. The minimum Gasteiger partial charge on any atom is -0.491 e. The summed E-state index contributed by atoms with van der Waals surface area (Å²) < 4.78 is 6.12. The number of fused-ring (bicyclic) bond motifs is 2. The third kappa shape index (κ3) is 2.96. The van der Waals surface area contributed by atoms with Crippen LogP contribution in [0.15, 0.2) is 18.2 Å². The van der Waals surface area contributed by atoms with E-state index in [0.717, 1.165) is 42.1 Å². The lowest BCUT2D eigenvalue weighted by Gasteiger charge is -2.23. The van der Waals surface area contributed by atoms with Gasteiger partial charge in [-0.1, -0.05) is 30.2 Å². The lowest BCUT2D eigenvalue weighted by molar-refractivity contribution is 0.194. The van der Waals surface area contributed by atoms with E-state index in [-0.39, 0.29) is 6.04 Å². The minimum atomic E-state index is 0.123. The second-order valence-corrected chi connectivity index (χ2v) is 7.06. The molecule has 20 heavy (non-hydrogen) atoms. The molecule has 4 atom stereocenters. The Hall–Kier alpha value is -0.730. The molecule has 3 rings (SSSR count). The summed E-state index contributed by atoms with van der Waals surface area (Å²) in [6.07, 6.45) is 6.41. The molecule has 2 bridgehead atoms. The summed E-state index contributed by atoms with van der Waals surface area (Å²) in [5.41, 5.74) is 7.05. The molecule has 0 radical (unpaired) electrons. The topological polar surface area (TPSA) is 35.2 Å². The van der Waals surface area contributed by atoms with E-state index in [2.05, 4.69) is 6.07 Å². The van der Waals surface area contributed by atoms with Crippen molar-refractivity contribution < 1.29 is 4.74 Å². The zero-order valence-corrected chi connectivity index (χ0v) is 12.9. The third-order valence-electron chi connectivity index (χ3n) is 4.92. The lowest BCUT2D eigenvalue weighted by atomic mass is 9.89. The van der Waals surface area contributed by atoms with Gasteiger partial charge < -0.3 is 10.5 Å². The molecule has 0 heterocycles. The number of hydrogen-bond donors (Lipinski definition) is 1. The van der Waals surface area contributed by atoms with Crippen molar-refractivity contribution in [2.45, 2.75) is 45.1 Å². The fourth-order valence-electron chi connectivity index (χ4n) is 3.99. The Kier molecular flexibility index (Phi) is 4.23. The Morgan fingerprint density at radius 2 is 2.20 bits per heavy atom. The van der Waals surface area contributed by atoms with Gasteiger partial charge in [0, 0.05) is 6.04 Å². The number of para-hydroxylation sites is 1. The molecule has 2 nitrogen and oxygen atoms in total. The molecule has 0 aliphatic heterocycles. The van der Waals surface area contributed by atoms with Crippen LogP contribution in [0.2, 0.25) is 5.02 Å². The van der Waals surface area contributed by atoms with Crippen LogP contribution in [0.4, 0.5) is 0 Å². The van der Waals surface area contributed by atoms with Crippen LogP contribution in [0, 0.1) is 17.8 Å². The number of halogens is 1. The number of hydrogen-bond acceptors (Lipinski definition) is 2. The summed E-state index contributed by atoms with van der Waals surface area (Å²) in [5.74, 6) is 3.44. The first-order valence-electron chi connectivity index (χ1n) is 7.79. The highest BCUT2D eigenvalue weighted by Gasteiger charge is 2.39. The number of ether oxygens (including phenoxy) is 1. The maximum absolute atomic E-state index is 6.31. The van der Waals surface area contributed by atoms with Gasteiger partial charge in [0.1, 0.15) is 5.75 Å². The predicted molar refractivity (Wildman–Crippen MR) is 83.2 cm³/mol. The van der Waals surface area contributed by atoms with Gasteiger partial charge in [-0.3, -0.25) is 0 Å². The summed E-state index contributed by atoms with van der Waals surface area (Å²) in [6.45, 7) is 2.83. The van der Waals surface area contributed by atoms with Crippen LogP contribution >= 0.6 is 11.6 Å². The van der Waals surface area contributed by atoms with E-state index in [1.54, 1.807) is 0 Å². The van der Waals surface area contributed by atoms with Gasteiger partial charge in [-0.25, -0.2) is 0 Å². The van der Waals surface area contributed by atoms with Crippen molar-refractivity contribution in [3.05, 3.63) is 28.8 Å². The molecule has 0 aromatic heterocycles. The Balaban J connectivity index is 1.67. The van der Waals surface area contributed by atoms with Gasteiger partial charge >= 0.3 is 0 Å². The molecule has 0 amide bonds. The van der Waals surface area contributed by atoms with E-state index >= 15 is 0 Å². The van der Waals surface area contributed by atoms with E-state index in [1.165, 1.54) is 25.7 Å². The van der Waals surface area contributed by atoms with Crippen LogP contribution in [0.1, 0.15) is 38.2 Å². The van der Waals surface area contributed by atoms with Gasteiger partial charge in [0.25, 0.3) is 0 Å². The molecule has 0 saturated heterocycles. The summed E-state index contributed by atoms with van der Waals surface area (Å²) in [7, 11) is 0. The van der Waals surface area contributed by atoms with Crippen LogP contribution in [-0.4, -0.2) is 12.6 Å². The smallest absolute Gasteiger partial charge is 0.141 e. The Morgan fingerprint density at radius 3 is 2.85 bits per heavy atom. The number of benzene rings is 1. The highest BCUT2D eigenvalue weighted by Crippen LogP contribution is 2.48. The standard InChI is InChI=1S/C17H24ClNO/c1-11(19)7-14-3-2-4-16(18)17(14)20-10-15-9-12-5-6-13(15)8-12/h2-4,11-13,15H,5-10,19H2,1H3. The van der Waals surface area contributed by atoms with Gasteiger partial charge in [-0.15, -0.1) is 0 Å². The zero-order valence-electron chi connectivity index (χ0n) is 12.1. The van der Waals surface area contributed by atoms with Crippen molar-refractivity contribution in [1.82, 2.24) is 0 Å². The van der Waals surface area contributed by atoms with Crippen LogP contribution in [0.3, 0.4) is 0 Å². The fraction of sp³-hybridized carbons (Fsp3) is 0.647. The van der Waals surface area contributed by atoms with Crippen LogP contribution < -0.4 is 10.5 Å². The molecule has 1 aromatic rings. The van der Waals surface area contributed by atoms with Crippen molar-refractivity contribution in [3.8, 4) is 5.75 Å². The van der Waals surface area contributed by atoms with Gasteiger partial charge in [-0.05, 0) is 62.0 Å². The van der Waals surface area contributed by atoms with Crippen LogP contribution in [-0.2, 0) is 6.42 Å². The van der Waals surface area contributed by atoms with Crippen molar-refractivity contribution >= 4 is 11.6 Å². The maximum atomic E-state index is 6.31. The number of nitrogens with two attached hydrogens (primary N) is 1. The number of rotatable bonds is 5. The average Bonchev–Trinajstić information content (AvgIpc) is 2.99. The second kappa shape index (κ2) is 5.95. The molecular weight excluding hydrogens is 270 g/mol. The van der Waals surface area contributed by atoms with Crippen molar-refractivity contribution in [1.29, 1.82) is 0 Å². The first-order valence-corrected chi connectivity index (χ1v) is 8.17. The average molecular weight is 294 g/mol. The summed E-state index contributed by atoms with van der Waals surface area (Å²) >= 11 is 6.31. The SMILES string of the molecule is CC(N)Cc1cccc(Cl)c1OCC1CC2CCC1C2. The van der Waals surface area contributed by atoms with E-state index in [4.69, 9.17) is 22.1 Å². The first kappa shape index (κ1) is 14.2. The monoisotopic (exact) mass is 293 g/mol. The molecule has 110 valence electrons. The lowest BCUT2D eigenvalue weighted by Crippen LogP contribution is -2.21. The summed E-state index contributed by atoms with van der Waals surface area (Å²) in [5, 5.41) is 0.714. The Bertz CT molecular complexity index is 474. The summed E-state index contributed by atoms with van der Waals surface area (Å²) in [4.78, 5) is 0. The van der Waals surface area contributed by atoms with Crippen molar-refractivity contribution in [3.63, 3.8) is 0 Å². The first-order chi connectivity index (χ1) is 9.63. The molecule has 2 N–H and O–H groups in total. The predicted octanol–water partition coefficient (Wildman–Crippen LogP) is 4.04. The minimum absolute atomic E-state index is 0.123. The summed E-state index contributed by atoms with van der Waals surface area (Å²) in [6, 6.07) is 6.08. The van der Waals surface area contributed by atoms with Crippen LogP contribution in [0.5, 0.6) is 5.75 Å². The van der Waals surface area contributed by atoms with Crippen LogP contribution in [0.25, 0.3) is 0 Å². The van der Waals surface area contributed by atoms with Gasteiger partial charge in [-0.2, -0.15) is 0 Å². The highest BCUT2D eigenvalue weighted by atomic mass is 35.5. The van der Waals surface area contributed by atoms with Gasteiger partial charge in [0.05, 0.1) is 11.6 Å². The molecule has 3 heteroatoms. The van der Waals surface area contributed by atoms with Gasteiger partial charge in [0.2, 0.25) is 0 Å². The van der Waals surface area contributed by atoms with Crippen molar-refractivity contribution in [2.24, 2.45) is 23.5 Å². The van der Waals surface area contributed by atoms with Crippen molar-refractivity contribution in [2.75, 3.05) is 6.61 Å². The maximum Gasteiger partial charge on any atom is 0.141 e. The highest BCUT2D eigenvalue weighted by molar-refractivity contribution is 6.32. The molecule has 2 saturated carbocycles. The second-order valence-electron chi connectivity index (χ2n) is 6.66. The Labute approximate surface area is 126 Å². The third-order valence-corrected chi connectivity index (χ3v) is 5.21. The largest absolute Gasteiger partial charge is 0.491 e. The fourth-order valence-corrected chi connectivity index (χ4v) is 4.24. The molecule has 4 unspecified atom stereocenters. The quantitative estimate of drug-likeness (QED) is 0.889. The molecule has 2 aliphatic rings.